The molecule has 0 unspecified atom stereocenters. The fraction of sp³-hybridized carbons (Fsp3) is 0.133. The van der Waals surface area contributed by atoms with Crippen molar-refractivity contribution in [2.24, 2.45) is 0 Å². The molecule has 4 aromatic carbocycles. The van der Waals surface area contributed by atoms with E-state index in [2.05, 4.69) is 5.48 Å². The quantitative estimate of drug-likeness (QED) is 0.249. The molecule has 188 valence electrons. The van der Waals surface area contributed by atoms with Crippen LogP contribution in [-0.2, 0) is 22.8 Å². The van der Waals surface area contributed by atoms with Crippen LogP contribution in [0, 0.1) is 0 Å². The molecule has 7 heteroatoms. The number of hydroxylamine groups is 1. The van der Waals surface area contributed by atoms with Crippen LogP contribution in [-0.4, -0.2) is 11.9 Å². The predicted octanol–water partition coefficient (Wildman–Crippen LogP) is 6.76. The van der Waals surface area contributed by atoms with Crippen molar-refractivity contribution in [3.63, 3.8) is 0 Å². The predicted molar refractivity (Wildman–Crippen MR) is 142 cm³/mol. The van der Waals surface area contributed by atoms with E-state index in [9.17, 15) is 9.59 Å². The van der Waals surface area contributed by atoms with Crippen molar-refractivity contribution in [3.8, 4) is 22.6 Å². The summed E-state index contributed by atoms with van der Waals surface area (Å²) in [6, 6.07) is 29.8. The van der Waals surface area contributed by atoms with Gasteiger partial charge >= 0.3 is 5.97 Å². The highest BCUT2D eigenvalue weighted by Gasteiger charge is 2.19. The van der Waals surface area contributed by atoms with E-state index in [4.69, 9.17) is 25.9 Å². The third kappa shape index (κ3) is 6.90. The highest BCUT2D eigenvalue weighted by molar-refractivity contribution is 6.31. The number of carbonyl (C=O) groups excluding carboxylic acids is 2. The molecule has 0 spiro atoms. The first-order chi connectivity index (χ1) is 18.0. The molecule has 4 aromatic rings. The van der Waals surface area contributed by atoms with Crippen LogP contribution in [0.2, 0.25) is 5.02 Å². The molecule has 1 amide bonds. The summed E-state index contributed by atoms with van der Waals surface area (Å²) in [5.41, 5.74) is 5.67. The summed E-state index contributed by atoms with van der Waals surface area (Å²) in [6.45, 7) is 2.29. The van der Waals surface area contributed by atoms with Gasteiger partial charge in [0.15, 0.2) is 0 Å². The van der Waals surface area contributed by atoms with E-state index < -0.39 is 11.9 Å². The Labute approximate surface area is 220 Å². The van der Waals surface area contributed by atoms with Crippen molar-refractivity contribution < 1.29 is 23.9 Å². The molecule has 0 heterocycles. The van der Waals surface area contributed by atoms with Gasteiger partial charge in [0.05, 0.1) is 5.56 Å². The molecule has 0 aromatic heterocycles. The topological polar surface area (TPSA) is 73.9 Å². The Morgan fingerprint density at radius 2 is 1.51 bits per heavy atom. The van der Waals surface area contributed by atoms with Gasteiger partial charge in [-0.2, -0.15) is 5.48 Å². The number of nitrogens with one attached hydrogen (secondary N) is 1. The summed E-state index contributed by atoms with van der Waals surface area (Å²) >= 11 is 6.30. The van der Waals surface area contributed by atoms with Gasteiger partial charge in [0.2, 0.25) is 0 Å². The van der Waals surface area contributed by atoms with Gasteiger partial charge < -0.3 is 14.3 Å². The van der Waals surface area contributed by atoms with Crippen LogP contribution in [0.15, 0.2) is 97.1 Å². The van der Waals surface area contributed by atoms with Crippen molar-refractivity contribution in [1.82, 2.24) is 5.48 Å². The first-order valence-corrected chi connectivity index (χ1v) is 12.2. The maximum Gasteiger partial charge on any atom is 0.331 e. The minimum absolute atomic E-state index is 0.137. The number of rotatable bonds is 9. The Kier molecular flexibility index (Phi) is 8.79. The van der Waals surface area contributed by atoms with Gasteiger partial charge in [-0.1, -0.05) is 85.3 Å². The molecular formula is C30H26ClNO5. The molecule has 0 aliphatic carbocycles. The summed E-state index contributed by atoms with van der Waals surface area (Å²) in [4.78, 5) is 29.4. The molecule has 0 aliphatic rings. The zero-order valence-electron chi connectivity index (χ0n) is 20.3. The summed E-state index contributed by atoms with van der Waals surface area (Å²) in [6.07, 6.45) is 0.137. The monoisotopic (exact) mass is 515 g/mol. The zero-order valence-corrected chi connectivity index (χ0v) is 21.0. The summed E-state index contributed by atoms with van der Waals surface area (Å²) in [5, 5.41) is 0.587. The molecule has 0 aliphatic heterocycles. The van der Waals surface area contributed by atoms with Crippen molar-refractivity contribution in [3.05, 3.63) is 119 Å². The van der Waals surface area contributed by atoms with E-state index >= 15 is 0 Å². The van der Waals surface area contributed by atoms with Crippen LogP contribution >= 0.6 is 11.6 Å². The average molecular weight is 516 g/mol. The second-order valence-corrected chi connectivity index (χ2v) is 8.52. The lowest BCUT2D eigenvalue weighted by atomic mass is 9.98. The molecule has 6 nitrogen and oxygen atoms in total. The third-order valence-electron chi connectivity index (χ3n) is 5.55. The summed E-state index contributed by atoms with van der Waals surface area (Å²) < 4.78 is 12.0. The van der Waals surface area contributed by atoms with Gasteiger partial charge in [-0.25, -0.2) is 4.79 Å². The molecule has 0 bridgehead atoms. The maximum absolute atomic E-state index is 13.0. The zero-order chi connectivity index (χ0) is 26.0. The van der Waals surface area contributed by atoms with E-state index in [1.165, 1.54) is 0 Å². The Morgan fingerprint density at radius 3 is 2.24 bits per heavy atom. The van der Waals surface area contributed by atoms with Crippen LogP contribution in [0.5, 0.6) is 11.5 Å². The molecule has 0 radical (unpaired) electrons. The fourth-order valence-electron chi connectivity index (χ4n) is 3.60. The number of hydrogen-bond acceptors (Lipinski definition) is 5. The van der Waals surface area contributed by atoms with Gasteiger partial charge in [-0.15, -0.1) is 0 Å². The Balaban J connectivity index is 1.61. The molecule has 0 fully saturated rings. The Morgan fingerprint density at radius 1 is 0.784 bits per heavy atom. The fourth-order valence-corrected chi connectivity index (χ4v) is 3.79. The van der Waals surface area contributed by atoms with Crippen LogP contribution in [0.3, 0.4) is 0 Å². The standard InChI is InChI=1S/C30H26ClNO5/c1-2-28(33)37-32-30(34)25-12-8-14-27(36-20-23-11-6-7-13-26(23)31)29(25)22-15-17-24(18-16-22)35-19-21-9-4-3-5-10-21/h3-18H,2,19-20H2,1H3,(H,32,34). The average Bonchev–Trinajstić information content (AvgIpc) is 2.95. The molecule has 1 N–H and O–H groups in total. The van der Waals surface area contributed by atoms with Crippen LogP contribution in [0.4, 0.5) is 0 Å². The van der Waals surface area contributed by atoms with E-state index in [0.29, 0.717) is 34.3 Å². The first-order valence-electron chi connectivity index (χ1n) is 11.8. The van der Waals surface area contributed by atoms with Crippen molar-refractivity contribution in [2.75, 3.05) is 0 Å². The molecule has 4 rings (SSSR count). The first kappa shape index (κ1) is 25.8. The van der Waals surface area contributed by atoms with Crippen LogP contribution in [0.25, 0.3) is 11.1 Å². The van der Waals surface area contributed by atoms with Crippen molar-refractivity contribution >= 4 is 23.5 Å². The highest BCUT2D eigenvalue weighted by atomic mass is 35.5. The smallest absolute Gasteiger partial charge is 0.331 e. The Bertz CT molecular complexity index is 1360. The summed E-state index contributed by atoms with van der Waals surface area (Å²) in [5.74, 6) is 0.0580. The van der Waals surface area contributed by atoms with Crippen LogP contribution in [0.1, 0.15) is 34.8 Å². The molecule has 0 atom stereocenters. The third-order valence-corrected chi connectivity index (χ3v) is 5.92. The molecule has 0 saturated carbocycles. The normalized spacial score (nSPS) is 10.4. The van der Waals surface area contributed by atoms with Crippen LogP contribution < -0.4 is 15.0 Å². The number of benzene rings is 4. The Hall–Kier alpha value is -4.29. The number of ether oxygens (including phenoxy) is 2. The SMILES string of the molecule is CCC(=O)ONC(=O)c1cccc(OCc2ccccc2Cl)c1-c1ccc(OCc2ccccc2)cc1. The number of halogens is 1. The van der Waals surface area contributed by atoms with Crippen molar-refractivity contribution in [2.45, 2.75) is 26.6 Å². The minimum atomic E-state index is -0.565. The minimum Gasteiger partial charge on any atom is -0.489 e. The lowest BCUT2D eigenvalue weighted by molar-refractivity contribution is -0.148. The van der Waals surface area contributed by atoms with E-state index in [1.807, 2.05) is 72.8 Å². The van der Waals surface area contributed by atoms with E-state index in [0.717, 1.165) is 16.7 Å². The lowest BCUT2D eigenvalue weighted by Gasteiger charge is -2.17. The second kappa shape index (κ2) is 12.6. The number of hydrogen-bond donors (Lipinski definition) is 1. The molecular weight excluding hydrogens is 490 g/mol. The largest absolute Gasteiger partial charge is 0.489 e. The number of carbonyl (C=O) groups is 2. The van der Waals surface area contributed by atoms with Gasteiger partial charge in [-0.3, -0.25) is 4.79 Å². The van der Waals surface area contributed by atoms with E-state index in [-0.39, 0.29) is 13.0 Å². The van der Waals surface area contributed by atoms with E-state index in [1.54, 1.807) is 31.2 Å². The van der Waals surface area contributed by atoms with Gasteiger partial charge in [0, 0.05) is 22.6 Å². The second-order valence-electron chi connectivity index (χ2n) is 8.12. The van der Waals surface area contributed by atoms with Gasteiger partial charge in [0.1, 0.15) is 24.7 Å². The maximum atomic E-state index is 13.0. The lowest BCUT2D eigenvalue weighted by Crippen LogP contribution is -2.27. The molecule has 0 saturated heterocycles. The molecule has 37 heavy (non-hydrogen) atoms. The van der Waals surface area contributed by atoms with Gasteiger partial charge in [0.25, 0.3) is 5.91 Å². The van der Waals surface area contributed by atoms with Crippen molar-refractivity contribution in [1.29, 1.82) is 0 Å². The highest BCUT2D eigenvalue weighted by Crippen LogP contribution is 2.35. The number of amides is 1. The summed E-state index contributed by atoms with van der Waals surface area (Å²) in [7, 11) is 0. The van der Waals surface area contributed by atoms with Gasteiger partial charge in [-0.05, 0) is 41.5 Å².